The van der Waals surface area contributed by atoms with Crippen LogP contribution in [0.5, 0.6) is 0 Å². The van der Waals surface area contributed by atoms with E-state index in [-0.39, 0.29) is 13.2 Å². The van der Waals surface area contributed by atoms with Gasteiger partial charge in [0.05, 0.1) is 25.0 Å². The number of hydrogen-bond acceptors (Lipinski definition) is 8. The van der Waals surface area contributed by atoms with Crippen molar-refractivity contribution in [2.75, 3.05) is 13.2 Å². The molecule has 0 aromatic heterocycles. The molecular formula is C17H26N2O6. The summed E-state index contributed by atoms with van der Waals surface area (Å²) in [5.74, 6) is -1.65. The fourth-order valence-corrected chi connectivity index (χ4v) is 3.35. The molecule has 0 aromatic carbocycles. The van der Waals surface area contributed by atoms with E-state index in [1.54, 1.807) is 46.1 Å². The van der Waals surface area contributed by atoms with Crippen LogP contribution in [0.15, 0.2) is 29.0 Å². The Hall–Kier alpha value is -1.29. The van der Waals surface area contributed by atoms with Gasteiger partial charge in [0.25, 0.3) is 0 Å². The Morgan fingerprint density at radius 2 is 1.68 bits per heavy atom. The molecule has 2 fully saturated rings. The summed E-state index contributed by atoms with van der Waals surface area (Å²) in [6, 6.07) is 0. The minimum atomic E-state index is -0.829. The number of allylic oxidation sites excluding steroid dienone is 2. The van der Waals surface area contributed by atoms with E-state index < -0.39 is 36.0 Å². The van der Waals surface area contributed by atoms with Gasteiger partial charge in [-0.05, 0) is 39.8 Å². The third-order valence-electron chi connectivity index (χ3n) is 4.17. The van der Waals surface area contributed by atoms with E-state index in [2.05, 4.69) is 4.99 Å². The van der Waals surface area contributed by atoms with Gasteiger partial charge >= 0.3 is 0 Å². The molecule has 3 rings (SSSR count). The van der Waals surface area contributed by atoms with Crippen molar-refractivity contribution in [2.45, 2.75) is 63.7 Å². The standard InChI is InChI=1S/C17H26N2O6/c1-16(2)22-12(9-19(21)8-11-6-5-7-18-11)14(24-16)15-13(10-20)23-17(3,4)25-15/h5-8,12-15,20-21H,9-10H2,1-4H3/b11-8-/t12-,13-,14+,15-/m1/s1. The molecule has 3 heterocycles. The molecule has 25 heavy (non-hydrogen) atoms. The van der Waals surface area contributed by atoms with Crippen LogP contribution in [0, 0.1) is 0 Å². The summed E-state index contributed by atoms with van der Waals surface area (Å²) in [7, 11) is 0. The van der Waals surface area contributed by atoms with Crippen LogP contribution in [0.3, 0.4) is 0 Å². The highest BCUT2D eigenvalue weighted by Gasteiger charge is 2.53. The van der Waals surface area contributed by atoms with Gasteiger partial charge in [0, 0.05) is 6.21 Å². The second-order valence-electron chi connectivity index (χ2n) is 7.27. The predicted octanol–water partition coefficient (Wildman–Crippen LogP) is 1.19. The lowest BCUT2D eigenvalue weighted by atomic mass is 10.0. The monoisotopic (exact) mass is 354 g/mol. The maximum atomic E-state index is 10.2. The molecule has 0 radical (unpaired) electrons. The Balaban J connectivity index is 1.73. The first-order chi connectivity index (χ1) is 11.7. The van der Waals surface area contributed by atoms with E-state index in [0.717, 1.165) is 5.06 Å². The summed E-state index contributed by atoms with van der Waals surface area (Å²) in [6.45, 7) is 7.17. The molecule has 140 valence electrons. The molecule has 2 N–H and O–H groups in total. The second kappa shape index (κ2) is 6.79. The van der Waals surface area contributed by atoms with Gasteiger partial charge in [-0.1, -0.05) is 0 Å². The summed E-state index contributed by atoms with van der Waals surface area (Å²) in [5, 5.41) is 20.9. The first kappa shape index (κ1) is 18.5. The number of hydrogen-bond donors (Lipinski definition) is 2. The zero-order valence-corrected chi connectivity index (χ0v) is 15.0. The van der Waals surface area contributed by atoms with Gasteiger partial charge in [-0.25, -0.2) is 0 Å². The molecule has 0 saturated carbocycles. The van der Waals surface area contributed by atoms with E-state index >= 15 is 0 Å². The highest BCUT2D eigenvalue weighted by Crippen LogP contribution is 2.38. The van der Waals surface area contributed by atoms with Crippen LogP contribution in [-0.2, 0) is 18.9 Å². The lowest BCUT2D eigenvalue weighted by Gasteiger charge is -2.27. The average Bonchev–Trinajstić information content (AvgIpc) is 3.17. The van der Waals surface area contributed by atoms with Crippen molar-refractivity contribution in [3.8, 4) is 0 Å². The molecule has 8 heteroatoms. The molecule has 0 amide bonds. The molecule has 0 unspecified atom stereocenters. The first-order valence-corrected chi connectivity index (χ1v) is 8.39. The molecular weight excluding hydrogens is 328 g/mol. The third-order valence-corrected chi connectivity index (χ3v) is 4.17. The van der Waals surface area contributed by atoms with Crippen molar-refractivity contribution in [1.82, 2.24) is 5.06 Å². The summed E-state index contributed by atoms with van der Waals surface area (Å²) in [4.78, 5) is 4.09. The largest absolute Gasteiger partial charge is 0.394 e. The van der Waals surface area contributed by atoms with Crippen molar-refractivity contribution < 1.29 is 29.3 Å². The van der Waals surface area contributed by atoms with Gasteiger partial charge in [0.15, 0.2) is 11.6 Å². The normalized spacial score (nSPS) is 37.3. The van der Waals surface area contributed by atoms with Gasteiger partial charge in [0.1, 0.15) is 24.4 Å². The van der Waals surface area contributed by atoms with Gasteiger partial charge in [0.2, 0.25) is 0 Å². The number of aliphatic hydroxyl groups is 1. The SMILES string of the molecule is CC1(C)O[C@H]([C@@H]2OC(C)(C)O[C@@H]2CO)[C@@H](CN(O)/C=C2/C=CC=N2)O1. The Kier molecular flexibility index (Phi) is 5.02. The minimum absolute atomic E-state index is 0.166. The Bertz CT molecular complexity index is 572. The molecule has 0 bridgehead atoms. The zero-order valence-electron chi connectivity index (χ0n) is 15.0. The van der Waals surface area contributed by atoms with Crippen molar-refractivity contribution in [3.05, 3.63) is 24.0 Å². The van der Waals surface area contributed by atoms with Crippen molar-refractivity contribution in [3.63, 3.8) is 0 Å². The lowest BCUT2D eigenvalue weighted by molar-refractivity contribution is -0.175. The van der Waals surface area contributed by atoms with Crippen LogP contribution in [0.1, 0.15) is 27.7 Å². The lowest BCUT2D eigenvalue weighted by Crippen LogP contribution is -2.46. The quantitative estimate of drug-likeness (QED) is 0.717. The van der Waals surface area contributed by atoms with Crippen LogP contribution in [0.25, 0.3) is 0 Å². The topological polar surface area (TPSA) is 93.0 Å². The number of hydroxylamine groups is 2. The van der Waals surface area contributed by atoms with Crippen LogP contribution in [0.4, 0.5) is 0 Å². The van der Waals surface area contributed by atoms with Crippen molar-refractivity contribution in [2.24, 2.45) is 4.99 Å². The van der Waals surface area contributed by atoms with Crippen LogP contribution in [-0.4, -0.2) is 70.7 Å². The van der Waals surface area contributed by atoms with Crippen molar-refractivity contribution in [1.29, 1.82) is 0 Å². The average molecular weight is 354 g/mol. The molecule has 0 aliphatic carbocycles. The smallest absolute Gasteiger partial charge is 0.164 e. The highest BCUT2D eigenvalue weighted by atomic mass is 16.8. The van der Waals surface area contributed by atoms with E-state index in [1.807, 2.05) is 0 Å². The number of ether oxygens (including phenoxy) is 4. The summed E-state index contributed by atoms with van der Waals surface area (Å²) in [6.07, 6.45) is 4.76. The first-order valence-electron chi connectivity index (χ1n) is 8.39. The van der Waals surface area contributed by atoms with Crippen molar-refractivity contribution >= 4 is 6.21 Å². The molecule has 8 nitrogen and oxygen atoms in total. The number of aliphatic imine (C=N–C) groups is 1. The van der Waals surface area contributed by atoms with Crippen LogP contribution < -0.4 is 0 Å². The minimum Gasteiger partial charge on any atom is -0.394 e. The maximum absolute atomic E-state index is 10.2. The molecule has 4 atom stereocenters. The van der Waals surface area contributed by atoms with Gasteiger partial charge in [-0.2, -0.15) is 0 Å². The van der Waals surface area contributed by atoms with E-state index in [1.165, 1.54) is 6.20 Å². The fraction of sp³-hybridized carbons (Fsp3) is 0.706. The zero-order chi connectivity index (χ0) is 18.2. The number of aliphatic hydroxyl groups excluding tert-OH is 1. The van der Waals surface area contributed by atoms with Gasteiger partial charge < -0.3 is 24.1 Å². The van der Waals surface area contributed by atoms with Gasteiger partial charge in [-0.3, -0.25) is 15.3 Å². The van der Waals surface area contributed by atoms with E-state index in [9.17, 15) is 10.3 Å². The molecule has 0 aromatic rings. The molecule has 2 saturated heterocycles. The Labute approximate surface area is 147 Å². The second-order valence-corrected chi connectivity index (χ2v) is 7.27. The van der Waals surface area contributed by atoms with E-state index in [0.29, 0.717) is 5.70 Å². The maximum Gasteiger partial charge on any atom is 0.164 e. The number of nitrogens with zero attached hydrogens (tertiary/aromatic N) is 2. The highest BCUT2D eigenvalue weighted by molar-refractivity contribution is 5.76. The fourth-order valence-electron chi connectivity index (χ4n) is 3.35. The molecule has 3 aliphatic rings. The molecule has 0 spiro atoms. The summed E-state index contributed by atoms with van der Waals surface area (Å²) < 4.78 is 23.6. The third kappa shape index (κ3) is 4.28. The summed E-state index contributed by atoms with van der Waals surface area (Å²) >= 11 is 0. The molecule has 3 aliphatic heterocycles. The van der Waals surface area contributed by atoms with Crippen LogP contribution in [0.2, 0.25) is 0 Å². The Morgan fingerprint density at radius 1 is 1.08 bits per heavy atom. The van der Waals surface area contributed by atoms with Gasteiger partial charge in [-0.15, -0.1) is 0 Å². The predicted molar refractivity (Wildman–Crippen MR) is 88.9 cm³/mol. The van der Waals surface area contributed by atoms with E-state index in [4.69, 9.17) is 18.9 Å². The van der Waals surface area contributed by atoms with Crippen LogP contribution >= 0.6 is 0 Å². The Morgan fingerprint density at radius 3 is 2.24 bits per heavy atom. The number of rotatable bonds is 5. The summed E-state index contributed by atoms with van der Waals surface area (Å²) in [5.41, 5.74) is 0.645.